The molecule has 1 aromatic heterocycles. The normalized spacial score (nSPS) is 11.6. The van der Waals surface area contributed by atoms with Crippen LogP contribution in [0.2, 0.25) is 0 Å². The lowest BCUT2D eigenvalue weighted by molar-refractivity contribution is -0.146. The van der Waals surface area contributed by atoms with Gasteiger partial charge in [-0.25, -0.2) is 14.6 Å². The van der Waals surface area contributed by atoms with Gasteiger partial charge in [-0.2, -0.15) is 0 Å². The molecular weight excluding hydrogens is 504 g/mol. The second kappa shape index (κ2) is 12.2. The Morgan fingerprint density at radius 2 is 1.40 bits per heavy atom. The average Bonchev–Trinajstić information content (AvgIpc) is 3.02. The number of esters is 2. The first-order valence-electron chi connectivity index (χ1n) is 12.8. The van der Waals surface area contributed by atoms with Gasteiger partial charge in [0, 0.05) is 11.5 Å². The molecule has 1 atom stereocenters. The van der Waals surface area contributed by atoms with Crippen LogP contribution in [0.3, 0.4) is 0 Å². The minimum absolute atomic E-state index is 0.170. The van der Waals surface area contributed by atoms with Gasteiger partial charge in [0.15, 0.2) is 5.69 Å². The predicted octanol–water partition coefficient (Wildman–Crippen LogP) is 6.01. The van der Waals surface area contributed by atoms with Crippen molar-refractivity contribution in [1.29, 1.82) is 0 Å². The smallest absolute Gasteiger partial charge is 0.356 e. The fourth-order valence-corrected chi connectivity index (χ4v) is 4.28. The zero-order valence-electron chi connectivity index (χ0n) is 21.9. The molecule has 200 valence electrons. The van der Waals surface area contributed by atoms with Crippen LogP contribution >= 0.6 is 0 Å². The van der Waals surface area contributed by atoms with Crippen molar-refractivity contribution in [3.05, 3.63) is 132 Å². The Balaban J connectivity index is 1.37. The monoisotopic (exact) mass is 532 g/mol. The van der Waals surface area contributed by atoms with E-state index < -0.39 is 18.0 Å². The number of methoxy groups -OCH3 is 1. The lowest BCUT2D eigenvalue weighted by Gasteiger charge is -2.14. The Morgan fingerprint density at radius 1 is 0.775 bits per heavy atom. The summed E-state index contributed by atoms with van der Waals surface area (Å²) in [6, 6.07) is 33.1. The first-order chi connectivity index (χ1) is 19.5. The number of nitrogens with two attached hydrogens (primary N) is 1. The standard InChI is InChI=1S/C33H28N2O5/c1-38-32(36)29-19-30(39-20-22-8-4-2-5-9-22)27-18-26(16-17-28(27)35-29)24-12-14-25(15-13-24)31(34)33(37)40-21-23-10-6-3-7-11-23/h2-19,31H,20-21,34H2,1H3. The highest BCUT2D eigenvalue weighted by molar-refractivity contribution is 5.95. The highest BCUT2D eigenvalue weighted by Crippen LogP contribution is 2.32. The summed E-state index contributed by atoms with van der Waals surface area (Å²) in [4.78, 5) is 29.2. The minimum atomic E-state index is -0.895. The van der Waals surface area contributed by atoms with E-state index in [9.17, 15) is 9.59 Å². The molecule has 5 rings (SSSR count). The van der Waals surface area contributed by atoms with Crippen LogP contribution in [-0.4, -0.2) is 24.0 Å². The third-order valence-electron chi connectivity index (χ3n) is 6.48. The highest BCUT2D eigenvalue weighted by atomic mass is 16.5. The van der Waals surface area contributed by atoms with Crippen molar-refractivity contribution >= 4 is 22.8 Å². The van der Waals surface area contributed by atoms with E-state index >= 15 is 0 Å². The van der Waals surface area contributed by atoms with Gasteiger partial charge in [-0.05, 0) is 39.9 Å². The van der Waals surface area contributed by atoms with Gasteiger partial charge in [0.1, 0.15) is 25.0 Å². The Morgan fingerprint density at radius 3 is 2.05 bits per heavy atom. The van der Waals surface area contributed by atoms with E-state index in [1.807, 2.05) is 103 Å². The van der Waals surface area contributed by atoms with Gasteiger partial charge in [0.05, 0.1) is 12.6 Å². The third-order valence-corrected chi connectivity index (χ3v) is 6.48. The van der Waals surface area contributed by atoms with Gasteiger partial charge in [0.25, 0.3) is 0 Å². The Bertz CT molecular complexity index is 1620. The van der Waals surface area contributed by atoms with E-state index in [0.717, 1.165) is 27.6 Å². The van der Waals surface area contributed by atoms with Crippen molar-refractivity contribution in [1.82, 2.24) is 4.98 Å². The molecule has 7 heteroatoms. The average molecular weight is 533 g/mol. The molecule has 0 bridgehead atoms. The second-order valence-electron chi connectivity index (χ2n) is 9.20. The van der Waals surface area contributed by atoms with Crippen molar-refractivity contribution in [2.75, 3.05) is 7.11 Å². The van der Waals surface area contributed by atoms with E-state index in [1.165, 1.54) is 7.11 Å². The number of pyridine rings is 1. The molecule has 0 saturated carbocycles. The van der Waals surface area contributed by atoms with Crippen LogP contribution in [0.4, 0.5) is 0 Å². The van der Waals surface area contributed by atoms with Crippen molar-refractivity contribution in [2.45, 2.75) is 19.3 Å². The molecule has 2 N–H and O–H groups in total. The van der Waals surface area contributed by atoms with Crippen molar-refractivity contribution in [2.24, 2.45) is 5.73 Å². The topological polar surface area (TPSA) is 101 Å². The van der Waals surface area contributed by atoms with Gasteiger partial charge in [0.2, 0.25) is 0 Å². The summed E-state index contributed by atoms with van der Waals surface area (Å²) in [5.74, 6) is -0.504. The number of aromatic nitrogens is 1. The molecule has 7 nitrogen and oxygen atoms in total. The largest absolute Gasteiger partial charge is 0.488 e. The number of hydrogen-bond donors (Lipinski definition) is 1. The zero-order valence-corrected chi connectivity index (χ0v) is 21.9. The number of fused-ring (bicyclic) bond motifs is 1. The number of carbonyl (C=O) groups excluding carboxylic acids is 2. The fourth-order valence-electron chi connectivity index (χ4n) is 4.28. The lowest BCUT2D eigenvalue weighted by atomic mass is 9.99. The SMILES string of the molecule is COC(=O)c1cc(OCc2ccccc2)c2cc(-c3ccc(C(N)C(=O)OCc4ccccc4)cc3)ccc2n1. The van der Waals surface area contributed by atoms with E-state index in [0.29, 0.717) is 23.4 Å². The molecule has 0 aliphatic heterocycles. The molecule has 40 heavy (non-hydrogen) atoms. The predicted molar refractivity (Wildman–Crippen MR) is 152 cm³/mol. The summed E-state index contributed by atoms with van der Waals surface area (Å²) in [5.41, 5.74) is 11.3. The maximum atomic E-state index is 12.5. The number of hydrogen-bond acceptors (Lipinski definition) is 7. The molecule has 1 heterocycles. The Labute approximate surface area is 232 Å². The van der Waals surface area contributed by atoms with Gasteiger partial charge < -0.3 is 19.9 Å². The van der Waals surface area contributed by atoms with E-state index in [1.54, 1.807) is 6.07 Å². The maximum absolute atomic E-state index is 12.5. The molecule has 0 fully saturated rings. The number of nitrogens with zero attached hydrogens (tertiary/aromatic N) is 1. The van der Waals surface area contributed by atoms with Gasteiger partial charge >= 0.3 is 11.9 Å². The molecule has 4 aromatic carbocycles. The van der Waals surface area contributed by atoms with Crippen LogP contribution in [0, 0.1) is 0 Å². The number of carbonyl (C=O) groups is 2. The van der Waals surface area contributed by atoms with Crippen molar-refractivity contribution in [3.63, 3.8) is 0 Å². The molecule has 5 aromatic rings. The lowest BCUT2D eigenvalue weighted by Crippen LogP contribution is -2.23. The van der Waals surface area contributed by atoms with E-state index in [4.69, 9.17) is 19.9 Å². The van der Waals surface area contributed by atoms with Crippen LogP contribution in [0.15, 0.2) is 109 Å². The fraction of sp³-hybridized carbons (Fsp3) is 0.121. The summed E-state index contributed by atoms with van der Waals surface area (Å²) in [6.45, 7) is 0.501. The van der Waals surface area contributed by atoms with Crippen LogP contribution in [0.5, 0.6) is 5.75 Å². The maximum Gasteiger partial charge on any atom is 0.356 e. The zero-order chi connectivity index (χ0) is 27.9. The van der Waals surface area contributed by atoms with Crippen molar-refractivity contribution in [3.8, 4) is 16.9 Å². The quantitative estimate of drug-likeness (QED) is 0.232. The molecular formula is C33H28N2O5. The summed E-state index contributed by atoms with van der Waals surface area (Å²) in [6.07, 6.45) is 0. The summed E-state index contributed by atoms with van der Waals surface area (Å²) in [5, 5.41) is 0.756. The van der Waals surface area contributed by atoms with Crippen molar-refractivity contribution < 1.29 is 23.8 Å². The summed E-state index contributed by atoms with van der Waals surface area (Å²) >= 11 is 0. The van der Waals surface area contributed by atoms with Gasteiger partial charge in [-0.15, -0.1) is 0 Å². The third kappa shape index (κ3) is 6.17. The van der Waals surface area contributed by atoms with E-state index in [-0.39, 0.29) is 12.3 Å². The Kier molecular flexibility index (Phi) is 8.13. The van der Waals surface area contributed by atoms with E-state index in [2.05, 4.69) is 4.98 Å². The summed E-state index contributed by atoms with van der Waals surface area (Å²) in [7, 11) is 1.32. The number of ether oxygens (including phenoxy) is 3. The Hall–Kier alpha value is -5.01. The molecule has 0 spiro atoms. The molecule has 0 aliphatic carbocycles. The minimum Gasteiger partial charge on any atom is -0.488 e. The van der Waals surface area contributed by atoms with Gasteiger partial charge in [-0.3, -0.25) is 0 Å². The number of rotatable bonds is 9. The second-order valence-corrected chi connectivity index (χ2v) is 9.20. The van der Waals surface area contributed by atoms with Crippen LogP contribution in [0.1, 0.15) is 33.2 Å². The molecule has 0 radical (unpaired) electrons. The van der Waals surface area contributed by atoms with Crippen LogP contribution in [-0.2, 0) is 27.5 Å². The first-order valence-corrected chi connectivity index (χ1v) is 12.8. The summed E-state index contributed by atoms with van der Waals surface area (Å²) < 4.78 is 16.4. The first kappa shape index (κ1) is 26.6. The molecule has 0 amide bonds. The number of benzene rings is 4. The molecule has 0 aliphatic rings. The van der Waals surface area contributed by atoms with Crippen LogP contribution < -0.4 is 10.5 Å². The highest BCUT2D eigenvalue weighted by Gasteiger charge is 2.18. The van der Waals surface area contributed by atoms with Gasteiger partial charge in [-0.1, -0.05) is 91.0 Å². The van der Waals surface area contributed by atoms with Crippen LogP contribution in [0.25, 0.3) is 22.0 Å². The molecule has 1 unspecified atom stereocenters. The molecule has 0 saturated heterocycles.